The molecule has 0 aromatic heterocycles. The number of ketones is 1. The first-order chi connectivity index (χ1) is 12.7. The molecule has 26 heavy (non-hydrogen) atoms. The maximum atomic E-state index is 12.3. The molecular weight excluding hydrogens is 328 g/mol. The lowest BCUT2D eigenvalue weighted by molar-refractivity contribution is -0.129. The molecular formula is C21H20N2O3. The quantitative estimate of drug-likeness (QED) is 0.643. The topological polar surface area (TPSA) is 79.2 Å². The van der Waals surface area contributed by atoms with Crippen LogP contribution in [-0.2, 0) is 14.3 Å². The van der Waals surface area contributed by atoms with Gasteiger partial charge in [0.05, 0.1) is 12.2 Å². The van der Waals surface area contributed by atoms with E-state index in [1.54, 1.807) is 12.1 Å². The minimum Gasteiger partial charge on any atom is -0.376 e. The fourth-order valence-electron chi connectivity index (χ4n) is 3.04. The van der Waals surface area contributed by atoms with E-state index < -0.39 is 17.6 Å². The third-order valence-corrected chi connectivity index (χ3v) is 4.45. The molecule has 5 heteroatoms. The number of carbonyl (C=O) groups excluding carboxylic acids is 2. The van der Waals surface area contributed by atoms with Gasteiger partial charge in [-0.15, -0.1) is 0 Å². The molecule has 1 saturated heterocycles. The molecule has 0 saturated carbocycles. The van der Waals surface area contributed by atoms with Gasteiger partial charge < -0.3 is 10.1 Å². The molecule has 0 bridgehead atoms. The van der Waals surface area contributed by atoms with Gasteiger partial charge in [-0.2, -0.15) is 5.26 Å². The van der Waals surface area contributed by atoms with Gasteiger partial charge in [0.25, 0.3) is 0 Å². The van der Waals surface area contributed by atoms with Crippen molar-refractivity contribution >= 4 is 28.5 Å². The first kappa shape index (κ1) is 17.8. The van der Waals surface area contributed by atoms with Crippen molar-refractivity contribution in [3.63, 3.8) is 0 Å². The number of benzene rings is 2. The second kappa shape index (κ2) is 8.41. The van der Waals surface area contributed by atoms with Crippen molar-refractivity contribution < 1.29 is 14.3 Å². The monoisotopic (exact) mass is 348 g/mol. The van der Waals surface area contributed by atoms with Gasteiger partial charge in [-0.3, -0.25) is 9.59 Å². The third kappa shape index (κ3) is 4.16. The molecule has 1 amide bonds. The fraction of sp³-hybridized carbons (Fsp3) is 0.286. The van der Waals surface area contributed by atoms with Gasteiger partial charge in [-0.05, 0) is 35.3 Å². The summed E-state index contributed by atoms with van der Waals surface area (Å²) in [5.74, 6) is -2.44. The smallest absolute Gasteiger partial charge is 0.245 e. The van der Waals surface area contributed by atoms with Crippen LogP contribution < -0.4 is 5.32 Å². The lowest BCUT2D eigenvalue weighted by atomic mass is 10.0. The van der Waals surface area contributed by atoms with E-state index in [0.29, 0.717) is 13.2 Å². The van der Waals surface area contributed by atoms with Crippen molar-refractivity contribution in [2.45, 2.75) is 18.9 Å². The van der Waals surface area contributed by atoms with Crippen LogP contribution in [-0.4, -0.2) is 30.9 Å². The number of hydrogen-bond acceptors (Lipinski definition) is 4. The number of nitriles is 1. The Kier molecular flexibility index (Phi) is 5.77. The Morgan fingerprint density at radius 2 is 2.08 bits per heavy atom. The standard InChI is InChI=1S/C21H20N2O3/c22-13-19(21(25)23-14-17-8-4-12-26-17)20(24)11-10-16-7-3-6-15-5-1-2-9-18(15)16/h1-3,5-7,9-11,17,19H,4,8,12,14H2,(H,23,25). The summed E-state index contributed by atoms with van der Waals surface area (Å²) in [5.41, 5.74) is 0.868. The van der Waals surface area contributed by atoms with E-state index in [4.69, 9.17) is 4.74 Å². The molecule has 2 aromatic carbocycles. The van der Waals surface area contributed by atoms with Crippen molar-refractivity contribution in [1.82, 2.24) is 5.32 Å². The largest absolute Gasteiger partial charge is 0.376 e. The number of allylic oxidation sites excluding steroid dienone is 1. The van der Waals surface area contributed by atoms with Gasteiger partial charge >= 0.3 is 0 Å². The second-order valence-corrected chi connectivity index (χ2v) is 6.25. The Morgan fingerprint density at radius 3 is 2.85 bits per heavy atom. The minimum absolute atomic E-state index is 0.0281. The average molecular weight is 348 g/mol. The van der Waals surface area contributed by atoms with E-state index in [0.717, 1.165) is 29.2 Å². The Morgan fingerprint density at radius 1 is 1.27 bits per heavy atom. The van der Waals surface area contributed by atoms with Gasteiger partial charge in [0.1, 0.15) is 0 Å². The highest BCUT2D eigenvalue weighted by atomic mass is 16.5. The maximum Gasteiger partial charge on any atom is 0.245 e. The molecule has 2 atom stereocenters. The molecule has 3 rings (SSSR count). The molecule has 1 N–H and O–H groups in total. The second-order valence-electron chi connectivity index (χ2n) is 6.25. The van der Waals surface area contributed by atoms with E-state index >= 15 is 0 Å². The predicted octanol–water partition coefficient (Wildman–Crippen LogP) is 2.86. The van der Waals surface area contributed by atoms with Crippen molar-refractivity contribution in [2.24, 2.45) is 5.92 Å². The van der Waals surface area contributed by atoms with Gasteiger partial charge in [0.15, 0.2) is 11.7 Å². The van der Waals surface area contributed by atoms with Gasteiger partial charge in [-0.1, -0.05) is 48.5 Å². The zero-order chi connectivity index (χ0) is 18.4. The van der Waals surface area contributed by atoms with Crippen molar-refractivity contribution in [3.8, 4) is 6.07 Å². The van der Waals surface area contributed by atoms with Gasteiger partial charge in [-0.25, -0.2) is 0 Å². The van der Waals surface area contributed by atoms with E-state index in [-0.39, 0.29) is 6.10 Å². The highest BCUT2D eigenvalue weighted by molar-refractivity contribution is 6.11. The Hall–Kier alpha value is -2.97. The van der Waals surface area contributed by atoms with Crippen molar-refractivity contribution in [2.75, 3.05) is 13.2 Å². The molecule has 1 aliphatic rings. The van der Waals surface area contributed by atoms with Crippen LogP contribution in [0.5, 0.6) is 0 Å². The average Bonchev–Trinajstić information content (AvgIpc) is 3.19. The number of hydrogen-bond donors (Lipinski definition) is 1. The number of rotatable bonds is 6. The number of ether oxygens (including phenoxy) is 1. The van der Waals surface area contributed by atoms with Gasteiger partial charge in [0, 0.05) is 13.2 Å². The van der Waals surface area contributed by atoms with Crippen LogP contribution in [0, 0.1) is 17.2 Å². The van der Waals surface area contributed by atoms with Crippen LogP contribution in [0.1, 0.15) is 18.4 Å². The summed E-state index contributed by atoms with van der Waals surface area (Å²) in [6, 6.07) is 15.4. The van der Waals surface area contributed by atoms with Crippen LogP contribution >= 0.6 is 0 Å². The normalized spacial score (nSPS) is 17.9. The molecule has 2 aromatic rings. The van der Waals surface area contributed by atoms with E-state index in [2.05, 4.69) is 5.32 Å². The molecule has 0 radical (unpaired) electrons. The first-order valence-electron chi connectivity index (χ1n) is 8.67. The van der Waals surface area contributed by atoms with Crippen LogP contribution in [0.15, 0.2) is 48.5 Å². The Balaban J connectivity index is 1.67. The van der Waals surface area contributed by atoms with Gasteiger partial charge in [0.2, 0.25) is 5.91 Å². The first-order valence-corrected chi connectivity index (χ1v) is 8.67. The number of nitrogens with one attached hydrogen (secondary N) is 1. The molecule has 1 fully saturated rings. The maximum absolute atomic E-state index is 12.3. The number of nitrogens with zero attached hydrogens (tertiary/aromatic N) is 1. The number of amides is 1. The number of fused-ring (bicyclic) bond motifs is 1. The molecule has 132 valence electrons. The summed E-state index contributed by atoms with van der Waals surface area (Å²) in [6.45, 7) is 1.02. The van der Waals surface area contributed by atoms with Crippen molar-refractivity contribution in [1.29, 1.82) is 5.26 Å². The summed E-state index contributed by atoms with van der Waals surface area (Å²) in [5, 5.41) is 13.9. The molecule has 0 spiro atoms. The summed E-state index contributed by atoms with van der Waals surface area (Å²) in [7, 11) is 0. The summed E-state index contributed by atoms with van der Waals surface area (Å²) in [4.78, 5) is 24.5. The third-order valence-electron chi connectivity index (χ3n) is 4.45. The van der Waals surface area contributed by atoms with E-state index in [1.807, 2.05) is 42.5 Å². The fourth-order valence-corrected chi connectivity index (χ4v) is 3.04. The van der Waals surface area contributed by atoms with E-state index in [1.165, 1.54) is 6.08 Å². The lowest BCUT2D eigenvalue weighted by Crippen LogP contribution is -2.38. The molecule has 1 aliphatic heterocycles. The SMILES string of the molecule is N#CC(C(=O)C=Cc1cccc2ccccc12)C(=O)NCC1CCCO1. The van der Waals surface area contributed by atoms with Crippen molar-refractivity contribution in [3.05, 3.63) is 54.1 Å². The molecule has 2 unspecified atom stereocenters. The van der Waals surface area contributed by atoms with Crippen LogP contribution in [0.4, 0.5) is 0 Å². The Labute approximate surface area is 152 Å². The molecule has 0 aliphatic carbocycles. The number of carbonyl (C=O) groups is 2. The van der Waals surface area contributed by atoms with Crippen LogP contribution in [0.2, 0.25) is 0 Å². The zero-order valence-electron chi connectivity index (χ0n) is 14.4. The van der Waals surface area contributed by atoms with Crippen LogP contribution in [0.25, 0.3) is 16.8 Å². The highest BCUT2D eigenvalue weighted by Gasteiger charge is 2.25. The zero-order valence-corrected chi connectivity index (χ0v) is 14.4. The van der Waals surface area contributed by atoms with Crippen LogP contribution in [0.3, 0.4) is 0 Å². The summed E-state index contributed by atoms with van der Waals surface area (Å²) in [6.07, 6.45) is 4.78. The highest BCUT2D eigenvalue weighted by Crippen LogP contribution is 2.20. The summed E-state index contributed by atoms with van der Waals surface area (Å²) < 4.78 is 5.43. The molecule has 1 heterocycles. The van der Waals surface area contributed by atoms with E-state index in [9.17, 15) is 14.9 Å². The molecule has 5 nitrogen and oxygen atoms in total. The summed E-state index contributed by atoms with van der Waals surface area (Å²) >= 11 is 0. The predicted molar refractivity (Wildman–Crippen MR) is 99.1 cm³/mol. The Bertz CT molecular complexity index is 871. The minimum atomic E-state index is -1.34. The lowest BCUT2D eigenvalue weighted by Gasteiger charge is -2.12.